The number of nitrogen functional groups attached to an aromatic ring is 1. The highest BCUT2D eigenvalue weighted by atomic mass is 16.5. The Morgan fingerprint density at radius 3 is 2.60 bits per heavy atom. The molecule has 0 atom stereocenters. The number of hydrogen-bond donors (Lipinski definition) is 1. The van der Waals surface area contributed by atoms with E-state index >= 15 is 0 Å². The number of nitrogens with two attached hydrogens (primary N) is 1. The highest BCUT2D eigenvalue weighted by Gasteiger charge is 2.27. The molecule has 0 bridgehead atoms. The molecule has 100 valence electrons. The summed E-state index contributed by atoms with van der Waals surface area (Å²) in [6, 6.07) is 11.9. The zero-order chi connectivity index (χ0) is 13.5. The minimum Gasteiger partial charge on any atom is -0.381 e. The van der Waals surface area contributed by atoms with Crippen molar-refractivity contribution in [3.8, 4) is 17.0 Å². The van der Waals surface area contributed by atoms with Crippen molar-refractivity contribution in [3.05, 3.63) is 48.3 Å². The second-order valence-electron chi connectivity index (χ2n) is 5.11. The molecule has 0 saturated heterocycles. The number of anilines is 1. The summed E-state index contributed by atoms with van der Waals surface area (Å²) in [6.07, 6.45) is 4.39. The Bertz CT molecular complexity index is 737. The van der Waals surface area contributed by atoms with Crippen LogP contribution in [0.2, 0.25) is 0 Å². The summed E-state index contributed by atoms with van der Waals surface area (Å²) in [5.74, 6) is 1.75. The normalized spacial score (nSPS) is 14.6. The van der Waals surface area contributed by atoms with Gasteiger partial charge < -0.3 is 10.3 Å². The highest BCUT2D eigenvalue weighted by molar-refractivity contribution is 5.61. The van der Waals surface area contributed by atoms with E-state index in [0.29, 0.717) is 17.5 Å². The van der Waals surface area contributed by atoms with Crippen molar-refractivity contribution in [1.29, 1.82) is 0 Å². The van der Waals surface area contributed by atoms with Crippen molar-refractivity contribution >= 4 is 5.82 Å². The molecule has 0 unspecified atom stereocenters. The lowest BCUT2D eigenvalue weighted by molar-refractivity contribution is 0.436. The Balaban J connectivity index is 1.68. The Hall–Kier alpha value is -2.56. The van der Waals surface area contributed by atoms with E-state index in [1.165, 1.54) is 18.5 Å². The van der Waals surface area contributed by atoms with Crippen molar-refractivity contribution in [2.24, 2.45) is 0 Å². The number of nitrogens with zero attached hydrogens (tertiary/aromatic N) is 3. The molecule has 1 aromatic carbocycles. The van der Waals surface area contributed by atoms with Gasteiger partial charge in [0.25, 0.3) is 0 Å². The van der Waals surface area contributed by atoms with E-state index in [-0.39, 0.29) is 0 Å². The van der Waals surface area contributed by atoms with E-state index in [9.17, 15) is 0 Å². The fraction of sp³-hybridized carbons (Fsp3) is 0.200. The quantitative estimate of drug-likeness (QED) is 0.791. The van der Waals surface area contributed by atoms with E-state index in [1.54, 1.807) is 6.07 Å². The van der Waals surface area contributed by atoms with Gasteiger partial charge in [-0.2, -0.15) is 5.10 Å². The van der Waals surface area contributed by atoms with Gasteiger partial charge >= 0.3 is 0 Å². The van der Waals surface area contributed by atoms with Gasteiger partial charge in [0.05, 0.1) is 5.69 Å². The maximum atomic E-state index is 5.56. The van der Waals surface area contributed by atoms with Gasteiger partial charge in [0, 0.05) is 29.4 Å². The van der Waals surface area contributed by atoms with Crippen LogP contribution in [0.4, 0.5) is 5.82 Å². The molecule has 0 amide bonds. The zero-order valence-corrected chi connectivity index (χ0v) is 10.9. The topological polar surface area (TPSA) is 69.9 Å². The molecule has 1 fully saturated rings. The average molecular weight is 266 g/mol. The van der Waals surface area contributed by atoms with Crippen LogP contribution in [0.5, 0.6) is 0 Å². The third-order valence-electron chi connectivity index (χ3n) is 3.59. The molecule has 5 heteroatoms. The van der Waals surface area contributed by atoms with Gasteiger partial charge in [-0.25, -0.2) is 4.68 Å². The fourth-order valence-corrected chi connectivity index (χ4v) is 2.41. The van der Waals surface area contributed by atoms with Crippen LogP contribution in [0, 0.1) is 0 Å². The summed E-state index contributed by atoms with van der Waals surface area (Å²) in [4.78, 5) is 0. The maximum absolute atomic E-state index is 5.56. The zero-order valence-electron chi connectivity index (χ0n) is 10.9. The van der Waals surface area contributed by atoms with E-state index in [0.717, 1.165) is 11.3 Å². The molecular formula is C15H14N4O. The smallest absolute Gasteiger partial charge is 0.169 e. The van der Waals surface area contributed by atoms with Crippen molar-refractivity contribution in [3.63, 3.8) is 0 Å². The number of rotatable bonds is 3. The van der Waals surface area contributed by atoms with Gasteiger partial charge in [-0.15, -0.1) is 0 Å². The van der Waals surface area contributed by atoms with Crippen LogP contribution in [0.15, 0.2) is 47.1 Å². The monoisotopic (exact) mass is 266 g/mol. The highest BCUT2D eigenvalue weighted by Crippen LogP contribution is 2.40. The number of aromatic nitrogens is 3. The molecule has 20 heavy (non-hydrogen) atoms. The van der Waals surface area contributed by atoms with Crippen LogP contribution >= 0.6 is 0 Å². The van der Waals surface area contributed by atoms with Crippen molar-refractivity contribution in [1.82, 2.24) is 14.9 Å². The second kappa shape index (κ2) is 4.23. The predicted molar refractivity (Wildman–Crippen MR) is 75.4 cm³/mol. The maximum Gasteiger partial charge on any atom is 0.169 e. The molecule has 1 saturated carbocycles. The predicted octanol–water partition coefficient (Wildman–Crippen LogP) is 2.99. The Kier molecular flexibility index (Phi) is 2.39. The minimum absolute atomic E-state index is 0.396. The first-order valence-electron chi connectivity index (χ1n) is 6.68. The standard InChI is InChI=1S/C15H14N4O/c16-15-9-14(20-18-15)11-3-5-12(6-4-11)19-13(7-8-17-19)10-1-2-10/h3-10H,1-2H2,(H2,16,18). The molecule has 3 aromatic rings. The molecule has 0 radical (unpaired) electrons. The van der Waals surface area contributed by atoms with Crippen LogP contribution in [-0.2, 0) is 0 Å². The Morgan fingerprint density at radius 1 is 1.15 bits per heavy atom. The van der Waals surface area contributed by atoms with E-state index in [2.05, 4.69) is 16.3 Å². The van der Waals surface area contributed by atoms with Gasteiger partial charge in [0.2, 0.25) is 0 Å². The lowest BCUT2D eigenvalue weighted by Crippen LogP contribution is -2.00. The molecule has 2 heterocycles. The lowest BCUT2D eigenvalue weighted by Gasteiger charge is -2.07. The molecule has 2 N–H and O–H groups in total. The van der Waals surface area contributed by atoms with Crippen LogP contribution in [-0.4, -0.2) is 14.9 Å². The number of hydrogen-bond acceptors (Lipinski definition) is 4. The first-order valence-corrected chi connectivity index (χ1v) is 6.68. The van der Waals surface area contributed by atoms with Crippen LogP contribution < -0.4 is 5.73 Å². The van der Waals surface area contributed by atoms with Gasteiger partial charge in [0.1, 0.15) is 0 Å². The van der Waals surface area contributed by atoms with E-state index in [4.69, 9.17) is 10.3 Å². The molecule has 1 aliphatic carbocycles. The first kappa shape index (κ1) is 11.3. The Morgan fingerprint density at radius 2 is 1.95 bits per heavy atom. The molecule has 1 aliphatic rings. The summed E-state index contributed by atoms with van der Waals surface area (Å²) in [6.45, 7) is 0. The molecule has 2 aromatic heterocycles. The van der Waals surface area contributed by atoms with Crippen LogP contribution in [0.1, 0.15) is 24.5 Å². The molecular weight excluding hydrogens is 252 g/mol. The molecule has 0 spiro atoms. The second-order valence-corrected chi connectivity index (χ2v) is 5.11. The van der Waals surface area contributed by atoms with Crippen molar-refractivity contribution < 1.29 is 4.52 Å². The number of benzene rings is 1. The summed E-state index contributed by atoms with van der Waals surface area (Å²) < 4.78 is 7.17. The van der Waals surface area contributed by atoms with Gasteiger partial charge in [-0.05, 0) is 43.2 Å². The van der Waals surface area contributed by atoms with Gasteiger partial charge in [0.15, 0.2) is 11.6 Å². The lowest BCUT2D eigenvalue weighted by atomic mass is 10.1. The minimum atomic E-state index is 0.396. The third-order valence-corrected chi connectivity index (χ3v) is 3.59. The van der Waals surface area contributed by atoms with E-state index < -0.39 is 0 Å². The fourth-order valence-electron chi connectivity index (χ4n) is 2.41. The van der Waals surface area contributed by atoms with Crippen molar-refractivity contribution in [2.75, 3.05) is 5.73 Å². The van der Waals surface area contributed by atoms with Crippen LogP contribution in [0.25, 0.3) is 17.0 Å². The Labute approximate surface area is 116 Å². The van der Waals surface area contributed by atoms with Gasteiger partial charge in [-0.1, -0.05) is 5.16 Å². The summed E-state index contributed by atoms with van der Waals surface area (Å²) in [5, 5.41) is 8.11. The summed E-state index contributed by atoms with van der Waals surface area (Å²) in [7, 11) is 0. The van der Waals surface area contributed by atoms with Gasteiger partial charge in [-0.3, -0.25) is 0 Å². The molecule has 4 rings (SSSR count). The summed E-state index contributed by atoms with van der Waals surface area (Å²) >= 11 is 0. The van der Waals surface area contributed by atoms with Crippen LogP contribution in [0.3, 0.4) is 0 Å². The largest absolute Gasteiger partial charge is 0.381 e. The first-order chi connectivity index (χ1) is 9.81. The molecule has 0 aliphatic heterocycles. The van der Waals surface area contributed by atoms with Crippen molar-refractivity contribution in [2.45, 2.75) is 18.8 Å². The van der Waals surface area contributed by atoms with E-state index in [1.807, 2.05) is 35.1 Å². The average Bonchev–Trinajstić information content (AvgIpc) is 3.04. The molecule has 5 nitrogen and oxygen atoms in total. The summed E-state index contributed by atoms with van der Waals surface area (Å²) in [5.41, 5.74) is 8.88. The third kappa shape index (κ3) is 1.87. The SMILES string of the molecule is Nc1cc(-c2ccc(-n3nccc3C3CC3)cc2)on1.